The average molecular weight is 354 g/mol. The molecule has 2 saturated heterocycles. The normalized spacial score (nSPS) is 19.1. The Kier molecular flexibility index (Phi) is 4.14. The fraction of sp³-hybridized carbons (Fsp3) is 0.421. The molecule has 1 aromatic heterocycles. The van der Waals surface area contributed by atoms with Crippen molar-refractivity contribution in [3.05, 3.63) is 30.5 Å². The Balaban J connectivity index is 1.60. The van der Waals surface area contributed by atoms with Gasteiger partial charge >= 0.3 is 6.03 Å². The summed E-state index contributed by atoms with van der Waals surface area (Å²) in [6.07, 6.45) is 4.25. The Hall–Kier alpha value is -2.83. The molecule has 4 rings (SSSR count). The van der Waals surface area contributed by atoms with Gasteiger partial charge in [0.25, 0.3) is 0 Å². The van der Waals surface area contributed by atoms with E-state index in [1.54, 1.807) is 11.8 Å². The Morgan fingerprint density at radius 1 is 1.12 bits per heavy atom. The first-order chi connectivity index (χ1) is 12.5. The molecule has 26 heavy (non-hydrogen) atoms. The van der Waals surface area contributed by atoms with E-state index < -0.39 is 0 Å². The minimum absolute atomic E-state index is 0.133. The summed E-state index contributed by atoms with van der Waals surface area (Å²) in [5.41, 5.74) is 1.87. The lowest BCUT2D eigenvalue weighted by molar-refractivity contribution is -0.130. The number of hydrogen-bond acceptors (Lipinski definition) is 3. The topological polar surface area (TPSA) is 74.7 Å². The van der Waals surface area contributed by atoms with Crippen LogP contribution in [0.2, 0.25) is 0 Å². The summed E-state index contributed by atoms with van der Waals surface area (Å²) < 4.78 is 2.25. The molecule has 0 saturated carbocycles. The lowest BCUT2D eigenvalue weighted by atomic mass is 10.0. The highest BCUT2D eigenvalue weighted by molar-refractivity contribution is 6.06. The average Bonchev–Trinajstić information content (AvgIpc) is 3.05. The minimum atomic E-state index is -0.367. The van der Waals surface area contributed by atoms with Crippen molar-refractivity contribution in [2.24, 2.45) is 0 Å². The van der Waals surface area contributed by atoms with Crippen LogP contribution in [0.1, 0.15) is 32.2 Å². The Morgan fingerprint density at radius 2 is 1.88 bits per heavy atom. The predicted octanol–water partition coefficient (Wildman–Crippen LogP) is 2.27. The van der Waals surface area contributed by atoms with Crippen LogP contribution in [0, 0.1) is 0 Å². The Morgan fingerprint density at radius 3 is 2.58 bits per heavy atom. The molecule has 0 atom stereocenters. The maximum atomic E-state index is 12.1. The van der Waals surface area contributed by atoms with Gasteiger partial charge in [0.2, 0.25) is 11.8 Å². The number of anilines is 1. The molecule has 2 aromatic rings. The van der Waals surface area contributed by atoms with Crippen molar-refractivity contribution in [3.63, 3.8) is 0 Å². The maximum Gasteiger partial charge on any atom is 0.328 e. The molecular weight excluding hydrogens is 332 g/mol. The molecule has 3 heterocycles. The summed E-state index contributed by atoms with van der Waals surface area (Å²) in [5, 5.41) is 3.49. The van der Waals surface area contributed by atoms with E-state index in [0.29, 0.717) is 19.0 Å². The zero-order valence-electron chi connectivity index (χ0n) is 14.8. The van der Waals surface area contributed by atoms with Crippen molar-refractivity contribution in [1.82, 2.24) is 14.8 Å². The third-order valence-corrected chi connectivity index (χ3v) is 5.38. The van der Waals surface area contributed by atoms with E-state index in [0.717, 1.165) is 42.5 Å². The van der Waals surface area contributed by atoms with Crippen LogP contribution >= 0.6 is 0 Å². The summed E-state index contributed by atoms with van der Waals surface area (Å²) in [5.74, 6) is -0.0957. The predicted molar refractivity (Wildman–Crippen MR) is 98.0 cm³/mol. The van der Waals surface area contributed by atoms with Gasteiger partial charge in [-0.25, -0.2) is 4.79 Å². The molecule has 0 aliphatic carbocycles. The van der Waals surface area contributed by atoms with Gasteiger partial charge in [-0.05, 0) is 36.4 Å². The van der Waals surface area contributed by atoms with Crippen LogP contribution in [0.3, 0.4) is 0 Å². The maximum absolute atomic E-state index is 12.1. The minimum Gasteiger partial charge on any atom is -0.344 e. The molecule has 1 aromatic carbocycles. The first-order valence-electron chi connectivity index (χ1n) is 9.00. The number of hydrogen-bond donors (Lipinski definition) is 1. The molecule has 0 unspecified atom stereocenters. The molecule has 2 aliphatic rings. The molecule has 1 N–H and O–H groups in total. The second-order valence-electron chi connectivity index (χ2n) is 6.96. The van der Waals surface area contributed by atoms with Crippen LogP contribution in [0.25, 0.3) is 10.9 Å². The fourth-order valence-electron chi connectivity index (χ4n) is 3.89. The first kappa shape index (κ1) is 16.6. The number of carbonyl (C=O) groups is 3. The molecule has 136 valence electrons. The van der Waals surface area contributed by atoms with Crippen molar-refractivity contribution in [2.75, 3.05) is 24.5 Å². The SMILES string of the molecule is CC(=O)N1CCC(n2ccc3ccc(N4CCC(=O)NC4=O)cc32)CC1. The second kappa shape index (κ2) is 6.48. The molecule has 2 aliphatic heterocycles. The zero-order valence-corrected chi connectivity index (χ0v) is 14.8. The lowest BCUT2D eigenvalue weighted by Gasteiger charge is -2.32. The number of likely N-dealkylation sites (tertiary alicyclic amines) is 1. The van der Waals surface area contributed by atoms with Crippen molar-refractivity contribution in [3.8, 4) is 0 Å². The first-order valence-corrected chi connectivity index (χ1v) is 9.00. The van der Waals surface area contributed by atoms with Gasteiger partial charge in [0.05, 0.1) is 5.52 Å². The van der Waals surface area contributed by atoms with Crippen LogP contribution in [0.5, 0.6) is 0 Å². The Bertz CT molecular complexity index is 880. The van der Waals surface area contributed by atoms with Crippen molar-refractivity contribution in [1.29, 1.82) is 0 Å². The van der Waals surface area contributed by atoms with Crippen molar-refractivity contribution < 1.29 is 14.4 Å². The number of rotatable bonds is 2. The number of fused-ring (bicyclic) bond motifs is 1. The van der Waals surface area contributed by atoms with E-state index in [4.69, 9.17) is 0 Å². The molecule has 0 spiro atoms. The number of benzene rings is 1. The van der Waals surface area contributed by atoms with Crippen molar-refractivity contribution in [2.45, 2.75) is 32.2 Å². The molecule has 2 fully saturated rings. The van der Waals surface area contributed by atoms with Crippen LogP contribution in [0.15, 0.2) is 30.5 Å². The van der Waals surface area contributed by atoms with E-state index in [-0.39, 0.29) is 17.8 Å². The smallest absolute Gasteiger partial charge is 0.328 e. The summed E-state index contributed by atoms with van der Waals surface area (Å²) in [6, 6.07) is 8.00. The summed E-state index contributed by atoms with van der Waals surface area (Å²) in [4.78, 5) is 38.5. The molecule has 0 radical (unpaired) electrons. The third kappa shape index (κ3) is 2.94. The number of nitrogens with zero attached hydrogens (tertiary/aromatic N) is 3. The second-order valence-corrected chi connectivity index (χ2v) is 6.96. The highest BCUT2D eigenvalue weighted by atomic mass is 16.2. The summed E-state index contributed by atoms with van der Waals surface area (Å²) in [6.45, 7) is 3.56. The highest BCUT2D eigenvalue weighted by Crippen LogP contribution is 2.30. The highest BCUT2D eigenvalue weighted by Gasteiger charge is 2.26. The van der Waals surface area contributed by atoms with Gasteiger partial charge in [-0.1, -0.05) is 6.07 Å². The van der Waals surface area contributed by atoms with Gasteiger partial charge in [-0.3, -0.25) is 19.8 Å². The monoisotopic (exact) mass is 354 g/mol. The molecule has 7 heteroatoms. The third-order valence-electron chi connectivity index (χ3n) is 5.38. The number of piperidine rings is 1. The van der Waals surface area contributed by atoms with E-state index in [2.05, 4.69) is 22.1 Å². The largest absolute Gasteiger partial charge is 0.344 e. The van der Waals surface area contributed by atoms with Crippen LogP contribution in [-0.2, 0) is 9.59 Å². The van der Waals surface area contributed by atoms with Gasteiger partial charge in [0.15, 0.2) is 0 Å². The van der Waals surface area contributed by atoms with Crippen LogP contribution in [-0.4, -0.2) is 46.9 Å². The molecule has 4 amide bonds. The number of nitrogens with one attached hydrogen (secondary N) is 1. The lowest BCUT2D eigenvalue weighted by Crippen LogP contribution is -2.49. The van der Waals surface area contributed by atoms with Gasteiger partial charge in [0, 0.05) is 50.9 Å². The molecule has 0 bridgehead atoms. The molecular formula is C19H22N4O3. The number of carbonyl (C=O) groups excluding carboxylic acids is 3. The summed E-state index contributed by atoms with van der Waals surface area (Å²) >= 11 is 0. The number of aromatic nitrogens is 1. The summed E-state index contributed by atoms with van der Waals surface area (Å²) in [7, 11) is 0. The van der Waals surface area contributed by atoms with E-state index >= 15 is 0 Å². The van der Waals surface area contributed by atoms with Crippen LogP contribution < -0.4 is 10.2 Å². The van der Waals surface area contributed by atoms with Gasteiger partial charge in [-0.15, -0.1) is 0 Å². The number of amides is 4. The Labute approximate surface area is 151 Å². The van der Waals surface area contributed by atoms with E-state index in [1.165, 1.54) is 0 Å². The van der Waals surface area contributed by atoms with Gasteiger partial charge in [-0.2, -0.15) is 0 Å². The number of urea groups is 1. The van der Waals surface area contributed by atoms with Gasteiger partial charge in [0.1, 0.15) is 0 Å². The standard InChI is InChI=1S/C19H22N4O3/c1-13(24)21-8-5-15(6-9-21)22-10-4-14-2-3-16(12-17(14)22)23-11-7-18(25)20-19(23)26/h2-4,10,12,15H,5-9,11H2,1H3,(H,20,25,26). The van der Waals surface area contributed by atoms with E-state index in [9.17, 15) is 14.4 Å². The zero-order chi connectivity index (χ0) is 18.3. The van der Waals surface area contributed by atoms with E-state index in [1.807, 2.05) is 23.1 Å². The number of imide groups is 1. The van der Waals surface area contributed by atoms with Crippen LogP contribution in [0.4, 0.5) is 10.5 Å². The molecule has 7 nitrogen and oxygen atoms in total. The van der Waals surface area contributed by atoms with Crippen molar-refractivity contribution >= 4 is 34.4 Å². The fourth-order valence-corrected chi connectivity index (χ4v) is 3.89. The van der Waals surface area contributed by atoms with Gasteiger partial charge < -0.3 is 9.47 Å². The quantitative estimate of drug-likeness (QED) is 0.899.